The zero-order valence-electron chi connectivity index (χ0n) is 11.0. The number of benzene rings is 1. The molecule has 0 heterocycles. The molecule has 0 radical (unpaired) electrons. The van der Waals surface area contributed by atoms with Crippen molar-refractivity contribution in [3.05, 3.63) is 35.6 Å². The largest absolute Gasteiger partial charge is 0.480 e. The van der Waals surface area contributed by atoms with E-state index in [1.807, 2.05) is 0 Å². The molecule has 110 valence electrons. The van der Waals surface area contributed by atoms with E-state index in [0.717, 1.165) is 0 Å². The second-order valence-electron chi connectivity index (χ2n) is 4.26. The molecule has 2 amide bonds. The van der Waals surface area contributed by atoms with Gasteiger partial charge in [-0.15, -0.1) is 0 Å². The highest BCUT2D eigenvalue weighted by Gasteiger charge is 2.20. The predicted octanol–water partition coefficient (Wildman–Crippen LogP) is 1.02. The Morgan fingerprint density at radius 3 is 2.50 bits per heavy atom. The van der Waals surface area contributed by atoms with Crippen molar-refractivity contribution in [3.63, 3.8) is 0 Å². The summed E-state index contributed by atoms with van der Waals surface area (Å²) < 4.78 is 13.5. The van der Waals surface area contributed by atoms with E-state index in [9.17, 15) is 14.0 Å². The Bertz CT molecular complexity index is 481. The van der Waals surface area contributed by atoms with Crippen LogP contribution in [0.25, 0.3) is 0 Å². The van der Waals surface area contributed by atoms with Crippen LogP contribution in [0.2, 0.25) is 0 Å². The molecule has 0 bridgehead atoms. The molecule has 1 aromatic rings. The second kappa shape index (κ2) is 7.44. The van der Waals surface area contributed by atoms with Crippen LogP contribution in [-0.4, -0.2) is 34.9 Å². The summed E-state index contributed by atoms with van der Waals surface area (Å²) in [6.45, 7) is 1.22. The van der Waals surface area contributed by atoms with Gasteiger partial charge in [0.05, 0.1) is 6.04 Å². The van der Waals surface area contributed by atoms with Gasteiger partial charge in [0.2, 0.25) is 0 Å². The SMILES string of the molecule is CC(NC(=O)N[C@H](CCO)C(=O)O)c1ccccc1F. The van der Waals surface area contributed by atoms with Crippen molar-refractivity contribution in [2.75, 3.05) is 6.61 Å². The van der Waals surface area contributed by atoms with Crippen molar-refractivity contribution in [2.45, 2.75) is 25.4 Å². The third-order valence-electron chi connectivity index (χ3n) is 2.74. The third kappa shape index (κ3) is 4.51. The average Bonchev–Trinajstić information content (AvgIpc) is 2.38. The van der Waals surface area contributed by atoms with Crippen LogP contribution in [0.1, 0.15) is 24.9 Å². The first-order valence-electron chi connectivity index (χ1n) is 6.10. The van der Waals surface area contributed by atoms with Gasteiger partial charge < -0.3 is 20.8 Å². The molecule has 2 atom stereocenters. The molecule has 0 aliphatic heterocycles. The van der Waals surface area contributed by atoms with Crippen LogP contribution < -0.4 is 10.6 Å². The molecule has 7 heteroatoms. The normalized spacial score (nSPS) is 13.3. The molecule has 0 fully saturated rings. The molecule has 0 saturated heterocycles. The first-order chi connectivity index (χ1) is 9.45. The summed E-state index contributed by atoms with van der Waals surface area (Å²) in [6, 6.07) is 3.45. The number of carboxylic acid groups (broad SMARTS) is 1. The lowest BCUT2D eigenvalue weighted by Gasteiger charge is -2.18. The van der Waals surface area contributed by atoms with Gasteiger partial charge >= 0.3 is 12.0 Å². The number of aliphatic hydroxyl groups is 1. The Balaban J connectivity index is 2.62. The van der Waals surface area contributed by atoms with Crippen molar-refractivity contribution in [3.8, 4) is 0 Å². The van der Waals surface area contributed by atoms with Gasteiger partial charge in [-0.1, -0.05) is 18.2 Å². The van der Waals surface area contributed by atoms with Crippen LogP contribution in [0.4, 0.5) is 9.18 Å². The van der Waals surface area contributed by atoms with Crippen LogP contribution in [0.3, 0.4) is 0 Å². The number of rotatable bonds is 6. The zero-order valence-corrected chi connectivity index (χ0v) is 11.0. The van der Waals surface area contributed by atoms with Crippen LogP contribution >= 0.6 is 0 Å². The first kappa shape index (κ1) is 15.9. The Morgan fingerprint density at radius 1 is 1.30 bits per heavy atom. The quantitative estimate of drug-likeness (QED) is 0.627. The van der Waals surface area contributed by atoms with Crippen molar-refractivity contribution >= 4 is 12.0 Å². The summed E-state index contributed by atoms with van der Waals surface area (Å²) in [5, 5.41) is 22.2. The fourth-order valence-electron chi connectivity index (χ4n) is 1.69. The molecule has 1 rings (SSSR count). The zero-order chi connectivity index (χ0) is 15.1. The number of aliphatic hydroxyl groups excluding tert-OH is 1. The maximum Gasteiger partial charge on any atom is 0.326 e. The van der Waals surface area contributed by atoms with E-state index >= 15 is 0 Å². The van der Waals surface area contributed by atoms with Crippen molar-refractivity contribution in [2.24, 2.45) is 0 Å². The highest BCUT2D eigenvalue weighted by Crippen LogP contribution is 2.15. The minimum Gasteiger partial charge on any atom is -0.480 e. The minimum atomic E-state index is -1.24. The highest BCUT2D eigenvalue weighted by molar-refractivity contribution is 5.82. The van der Waals surface area contributed by atoms with Gasteiger partial charge in [-0.25, -0.2) is 14.0 Å². The Morgan fingerprint density at radius 2 is 1.95 bits per heavy atom. The summed E-state index contributed by atoms with van der Waals surface area (Å²) in [5.74, 6) is -1.70. The van der Waals surface area contributed by atoms with E-state index in [2.05, 4.69) is 10.6 Å². The summed E-state index contributed by atoms with van der Waals surface area (Å²) in [6.07, 6.45) is -0.100. The number of hydrogen-bond donors (Lipinski definition) is 4. The Labute approximate surface area is 115 Å². The number of urea groups is 1. The average molecular weight is 284 g/mol. The van der Waals surface area contributed by atoms with Crippen LogP contribution in [-0.2, 0) is 4.79 Å². The van der Waals surface area contributed by atoms with Crippen LogP contribution in [0.5, 0.6) is 0 Å². The van der Waals surface area contributed by atoms with Crippen molar-refractivity contribution in [1.82, 2.24) is 10.6 Å². The predicted molar refractivity (Wildman–Crippen MR) is 69.6 cm³/mol. The Hall–Kier alpha value is -2.15. The first-order valence-corrected chi connectivity index (χ1v) is 6.10. The summed E-state index contributed by atoms with van der Waals surface area (Å²) in [5.41, 5.74) is 0.302. The molecule has 20 heavy (non-hydrogen) atoms. The number of carbonyl (C=O) groups excluding carboxylic acids is 1. The van der Waals surface area contributed by atoms with Gasteiger partial charge in [-0.3, -0.25) is 0 Å². The van der Waals surface area contributed by atoms with E-state index < -0.39 is 29.9 Å². The fourth-order valence-corrected chi connectivity index (χ4v) is 1.69. The fraction of sp³-hybridized carbons (Fsp3) is 0.385. The van der Waals surface area contributed by atoms with Gasteiger partial charge in [-0.2, -0.15) is 0 Å². The summed E-state index contributed by atoms with van der Waals surface area (Å²) in [7, 11) is 0. The lowest BCUT2D eigenvalue weighted by Crippen LogP contribution is -2.47. The number of carboxylic acids is 1. The number of halogens is 1. The molecule has 0 saturated carbocycles. The molecule has 0 aliphatic rings. The van der Waals surface area contributed by atoms with E-state index in [4.69, 9.17) is 10.2 Å². The molecule has 4 N–H and O–H groups in total. The van der Waals surface area contributed by atoms with E-state index in [1.54, 1.807) is 13.0 Å². The highest BCUT2D eigenvalue weighted by atomic mass is 19.1. The van der Waals surface area contributed by atoms with Gasteiger partial charge in [-0.05, 0) is 13.0 Å². The number of aliphatic carboxylic acids is 1. The number of hydrogen-bond acceptors (Lipinski definition) is 3. The molecule has 1 unspecified atom stereocenters. The van der Waals surface area contributed by atoms with Gasteiger partial charge in [0.15, 0.2) is 0 Å². The lowest BCUT2D eigenvalue weighted by molar-refractivity contribution is -0.139. The Kier molecular flexibility index (Phi) is 5.92. The number of carbonyl (C=O) groups is 2. The molecule has 0 spiro atoms. The van der Waals surface area contributed by atoms with Crippen molar-refractivity contribution in [1.29, 1.82) is 0 Å². The smallest absolute Gasteiger partial charge is 0.326 e. The maximum atomic E-state index is 13.5. The van der Waals surface area contributed by atoms with Gasteiger partial charge in [0.25, 0.3) is 0 Å². The molecular formula is C13H17FN2O4. The maximum absolute atomic E-state index is 13.5. The van der Waals surface area contributed by atoms with Crippen LogP contribution in [0, 0.1) is 5.82 Å². The standard InChI is InChI=1S/C13H17FN2O4/c1-8(9-4-2-3-5-10(9)14)15-13(20)16-11(6-7-17)12(18)19/h2-5,8,11,17H,6-7H2,1H3,(H,18,19)(H2,15,16,20)/t8?,11-/m1/s1. The topological polar surface area (TPSA) is 98.7 Å². The number of amides is 2. The molecule has 0 aromatic heterocycles. The summed E-state index contributed by atoms with van der Waals surface area (Å²) in [4.78, 5) is 22.5. The van der Waals surface area contributed by atoms with E-state index in [-0.39, 0.29) is 13.0 Å². The third-order valence-corrected chi connectivity index (χ3v) is 2.74. The number of nitrogens with one attached hydrogen (secondary N) is 2. The molecule has 0 aliphatic carbocycles. The van der Waals surface area contributed by atoms with Crippen LogP contribution in [0.15, 0.2) is 24.3 Å². The molecule has 6 nitrogen and oxygen atoms in total. The second-order valence-corrected chi connectivity index (χ2v) is 4.26. The van der Waals surface area contributed by atoms with Crippen molar-refractivity contribution < 1.29 is 24.2 Å². The molecular weight excluding hydrogens is 267 g/mol. The molecule has 1 aromatic carbocycles. The van der Waals surface area contributed by atoms with Gasteiger partial charge in [0.1, 0.15) is 11.9 Å². The lowest BCUT2D eigenvalue weighted by atomic mass is 10.1. The summed E-state index contributed by atoms with van der Waals surface area (Å²) >= 11 is 0. The minimum absolute atomic E-state index is 0.100. The van der Waals surface area contributed by atoms with E-state index in [0.29, 0.717) is 5.56 Å². The monoisotopic (exact) mass is 284 g/mol. The van der Waals surface area contributed by atoms with Gasteiger partial charge in [0, 0.05) is 18.6 Å². The van der Waals surface area contributed by atoms with E-state index in [1.165, 1.54) is 18.2 Å².